The molecule has 1 aromatic rings. The fourth-order valence-corrected chi connectivity index (χ4v) is 3.35. The van der Waals surface area contributed by atoms with Gasteiger partial charge in [0.2, 0.25) is 5.91 Å². The number of fused-ring (bicyclic) bond motifs is 1. The average Bonchev–Trinajstić information content (AvgIpc) is 3.09. The van der Waals surface area contributed by atoms with E-state index in [9.17, 15) is 9.59 Å². The third-order valence-electron chi connectivity index (χ3n) is 4.82. The first-order chi connectivity index (χ1) is 11.6. The van der Waals surface area contributed by atoms with Crippen molar-refractivity contribution in [2.45, 2.75) is 51.1 Å². The second kappa shape index (κ2) is 7.21. The molecule has 3 N–H and O–H groups in total. The van der Waals surface area contributed by atoms with Gasteiger partial charge < -0.3 is 15.8 Å². The van der Waals surface area contributed by atoms with Gasteiger partial charge in [-0.1, -0.05) is 25.8 Å². The highest BCUT2D eigenvalue weighted by Crippen LogP contribution is 2.34. The molecule has 0 spiro atoms. The predicted octanol–water partition coefficient (Wildman–Crippen LogP) is 1.88. The van der Waals surface area contributed by atoms with Crippen molar-refractivity contribution in [1.82, 2.24) is 5.32 Å². The molecular formula is C18H25N3O3. The number of nitrogens with one attached hydrogen (secondary N) is 1. The van der Waals surface area contributed by atoms with E-state index in [4.69, 9.17) is 10.5 Å². The van der Waals surface area contributed by atoms with Gasteiger partial charge in [-0.2, -0.15) is 0 Å². The van der Waals surface area contributed by atoms with Crippen LogP contribution in [0, 0.1) is 0 Å². The van der Waals surface area contributed by atoms with E-state index in [1.54, 1.807) is 0 Å². The second-order valence-electron chi connectivity index (χ2n) is 6.56. The smallest absolute Gasteiger partial charge is 0.265 e. The van der Waals surface area contributed by atoms with Crippen molar-refractivity contribution in [2.75, 3.05) is 18.1 Å². The standard InChI is InChI=1S/C18H25N3O3/c1-2-14(19)12-7-8-16-15(9-12)21(18(23)11-24-16)10-17(22)20-13-5-3-4-6-13/h7-9,13-14H,2-6,10-11,19H2,1H3,(H,20,22). The van der Waals surface area contributed by atoms with Gasteiger partial charge in [0.1, 0.15) is 12.3 Å². The minimum atomic E-state index is -0.203. The number of carbonyl (C=O) groups is 2. The molecule has 1 aliphatic heterocycles. The Morgan fingerprint density at radius 2 is 2.17 bits per heavy atom. The number of hydrogen-bond donors (Lipinski definition) is 2. The summed E-state index contributed by atoms with van der Waals surface area (Å²) in [6.07, 6.45) is 5.16. The van der Waals surface area contributed by atoms with Crippen LogP contribution in [0.2, 0.25) is 0 Å². The number of nitrogens with zero attached hydrogens (tertiary/aromatic N) is 1. The SMILES string of the molecule is CCC(N)c1ccc2c(c1)N(CC(=O)NC1CCCC1)C(=O)CO2. The van der Waals surface area contributed by atoms with E-state index in [0.717, 1.165) is 37.7 Å². The van der Waals surface area contributed by atoms with Gasteiger partial charge in [-0.3, -0.25) is 14.5 Å². The molecule has 130 valence electrons. The molecule has 1 unspecified atom stereocenters. The highest BCUT2D eigenvalue weighted by Gasteiger charge is 2.29. The minimum absolute atomic E-state index is 0.0243. The number of rotatable bonds is 5. The third kappa shape index (κ3) is 3.53. The first kappa shape index (κ1) is 16.8. The molecule has 0 aromatic heterocycles. The quantitative estimate of drug-likeness (QED) is 0.863. The first-order valence-electron chi connectivity index (χ1n) is 8.70. The fourth-order valence-electron chi connectivity index (χ4n) is 3.35. The van der Waals surface area contributed by atoms with E-state index >= 15 is 0 Å². The van der Waals surface area contributed by atoms with Crippen LogP contribution in [-0.4, -0.2) is 31.0 Å². The lowest BCUT2D eigenvalue weighted by molar-refractivity contribution is -0.125. The number of nitrogens with two attached hydrogens (primary N) is 1. The van der Waals surface area contributed by atoms with Crippen molar-refractivity contribution in [1.29, 1.82) is 0 Å². The number of carbonyl (C=O) groups excluding carboxylic acids is 2. The van der Waals surface area contributed by atoms with Gasteiger partial charge in [-0.15, -0.1) is 0 Å². The zero-order valence-electron chi connectivity index (χ0n) is 14.1. The molecule has 1 fully saturated rings. The molecule has 3 rings (SSSR count). The Kier molecular flexibility index (Phi) is 5.04. The Labute approximate surface area is 142 Å². The molecule has 2 aliphatic rings. The van der Waals surface area contributed by atoms with E-state index in [0.29, 0.717) is 11.4 Å². The van der Waals surface area contributed by atoms with Gasteiger partial charge in [0.15, 0.2) is 6.61 Å². The molecule has 1 atom stereocenters. The highest BCUT2D eigenvalue weighted by molar-refractivity contribution is 6.02. The van der Waals surface area contributed by atoms with Crippen LogP contribution in [0.15, 0.2) is 18.2 Å². The normalized spacial score (nSPS) is 18.9. The summed E-state index contributed by atoms with van der Waals surface area (Å²) >= 11 is 0. The van der Waals surface area contributed by atoms with E-state index < -0.39 is 0 Å². The Hall–Kier alpha value is -2.08. The lowest BCUT2D eigenvalue weighted by atomic mass is 10.0. The minimum Gasteiger partial charge on any atom is -0.482 e. The molecule has 0 bridgehead atoms. The van der Waals surface area contributed by atoms with E-state index in [-0.39, 0.29) is 37.0 Å². The lowest BCUT2D eigenvalue weighted by Crippen LogP contribution is -2.47. The van der Waals surface area contributed by atoms with Crippen LogP contribution in [0.25, 0.3) is 0 Å². The maximum absolute atomic E-state index is 12.3. The summed E-state index contributed by atoms with van der Waals surface area (Å²) in [4.78, 5) is 26.1. The Balaban J connectivity index is 1.77. The molecule has 1 saturated carbocycles. The topological polar surface area (TPSA) is 84.7 Å². The van der Waals surface area contributed by atoms with Crippen molar-refractivity contribution in [3.05, 3.63) is 23.8 Å². The molecule has 1 heterocycles. The molecule has 6 heteroatoms. The van der Waals surface area contributed by atoms with Crippen molar-refractivity contribution in [3.8, 4) is 5.75 Å². The monoisotopic (exact) mass is 331 g/mol. The molecular weight excluding hydrogens is 306 g/mol. The maximum atomic E-state index is 12.3. The number of amides is 2. The molecule has 1 aromatic carbocycles. The fraction of sp³-hybridized carbons (Fsp3) is 0.556. The second-order valence-corrected chi connectivity index (χ2v) is 6.56. The molecule has 1 aliphatic carbocycles. The summed E-state index contributed by atoms with van der Waals surface area (Å²) in [6.45, 7) is 2.00. The van der Waals surface area contributed by atoms with Gasteiger partial charge in [-0.25, -0.2) is 0 Å². The third-order valence-corrected chi connectivity index (χ3v) is 4.82. The van der Waals surface area contributed by atoms with Crippen LogP contribution >= 0.6 is 0 Å². The molecule has 0 radical (unpaired) electrons. The number of hydrogen-bond acceptors (Lipinski definition) is 4. The maximum Gasteiger partial charge on any atom is 0.265 e. The van der Waals surface area contributed by atoms with E-state index in [1.807, 2.05) is 25.1 Å². The van der Waals surface area contributed by atoms with E-state index in [1.165, 1.54) is 4.90 Å². The number of anilines is 1. The zero-order valence-corrected chi connectivity index (χ0v) is 14.1. The molecule has 6 nitrogen and oxygen atoms in total. The van der Waals surface area contributed by atoms with Gasteiger partial charge >= 0.3 is 0 Å². The van der Waals surface area contributed by atoms with Crippen molar-refractivity contribution >= 4 is 17.5 Å². The van der Waals surface area contributed by atoms with Gasteiger partial charge in [0.25, 0.3) is 5.91 Å². The summed E-state index contributed by atoms with van der Waals surface area (Å²) in [6, 6.07) is 5.76. The Morgan fingerprint density at radius 1 is 1.42 bits per heavy atom. The van der Waals surface area contributed by atoms with Crippen molar-refractivity contribution in [2.24, 2.45) is 5.73 Å². The number of ether oxygens (including phenoxy) is 1. The van der Waals surface area contributed by atoms with Crippen LogP contribution in [0.1, 0.15) is 50.6 Å². The van der Waals surface area contributed by atoms with Gasteiger partial charge in [0, 0.05) is 12.1 Å². The predicted molar refractivity (Wildman–Crippen MR) is 91.9 cm³/mol. The number of benzene rings is 1. The summed E-state index contributed by atoms with van der Waals surface area (Å²) in [5.74, 6) is 0.301. The van der Waals surface area contributed by atoms with Crippen molar-refractivity contribution in [3.63, 3.8) is 0 Å². The Morgan fingerprint density at radius 3 is 2.88 bits per heavy atom. The lowest BCUT2D eigenvalue weighted by Gasteiger charge is -2.30. The zero-order chi connectivity index (χ0) is 17.1. The Bertz CT molecular complexity index is 626. The van der Waals surface area contributed by atoms with Crippen LogP contribution in [0.4, 0.5) is 5.69 Å². The molecule has 2 amide bonds. The first-order valence-corrected chi connectivity index (χ1v) is 8.70. The van der Waals surface area contributed by atoms with E-state index in [2.05, 4.69) is 5.32 Å². The van der Waals surface area contributed by atoms with Crippen LogP contribution in [0.5, 0.6) is 5.75 Å². The summed E-state index contributed by atoms with van der Waals surface area (Å²) in [5, 5.41) is 3.03. The van der Waals surface area contributed by atoms with Crippen LogP contribution < -0.4 is 20.7 Å². The summed E-state index contributed by atoms with van der Waals surface area (Å²) in [5.41, 5.74) is 7.67. The summed E-state index contributed by atoms with van der Waals surface area (Å²) < 4.78 is 5.49. The largest absolute Gasteiger partial charge is 0.482 e. The van der Waals surface area contributed by atoms with Crippen molar-refractivity contribution < 1.29 is 14.3 Å². The molecule has 24 heavy (non-hydrogen) atoms. The van der Waals surface area contributed by atoms with Crippen LogP contribution in [0.3, 0.4) is 0 Å². The highest BCUT2D eigenvalue weighted by atomic mass is 16.5. The molecule has 0 saturated heterocycles. The van der Waals surface area contributed by atoms with Crippen LogP contribution in [-0.2, 0) is 9.59 Å². The van der Waals surface area contributed by atoms with Gasteiger partial charge in [-0.05, 0) is 37.0 Å². The average molecular weight is 331 g/mol. The summed E-state index contributed by atoms with van der Waals surface area (Å²) in [7, 11) is 0. The van der Waals surface area contributed by atoms with Gasteiger partial charge in [0.05, 0.1) is 5.69 Å².